The first-order valence-corrected chi connectivity index (χ1v) is 4.08. The van der Waals surface area contributed by atoms with Crippen LogP contribution in [0.4, 0.5) is 0 Å². The number of aryl methyl sites for hydroxylation is 1. The first-order valence-electron chi connectivity index (χ1n) is 3.70. The lowest BCUT2D eigenvalue weighted by molar-refractivity contribution is 0.199. The van der Waals surface area contributed by atoms with Crippen molar-refractivity contribution < 1.29 is 10.2 Å². The molecule has 2 N–H and O–H groups in total. The van der Waals surface area contributed by atoms with Crippen LogP contribution < -0.4 is 0 Å². The average Bonchev–Trinajstić information content (AvgIpc) is 2.00. The molecule has 1 aromatic rings. The van der Waals surface area contributed by atoms with Gasteiger partial charge in [0, 0.05) is 5.56 Å². The molecule has 0 saturated carbocycles. The summed E-state index contributed by atoms with van der Waals surface area (Å²) in [6, 6.07) is 3.44. The van der Waals surface area contributed by atoms with E-state index in [-0.39, 0.29) is 10.8 Å². The number of halogens is 1. The maximum absolute atomic E-state index is 9.39. The SMILES string of the molecule is Cc1ccc(C(C)O)c(Cl)c1O. The van der Waals surface area contributed by atoms with Crippen molar-refractivity contribution in [1.29, 1.82) is 0 Å². The Balaban J connectivity index is 3.27. The molecular weight excluding hydrogens is 176 g/mol. The van der Waals surface area contributed by atoms with Gasteiger partial charge >= 0.3 is 0 Å². The monoisotopic (exact) mass is 186 g/mol. The summed E-state index contributed by atoms with van der Waals surface area (Å²) in [7, 11) is 0. The van der Waals surface area contributed by atoms with Gasteiger partial charge in [-0.05, 0) is 19.4 Å². The van der Waals surface area contributed by atoms with E-state index in [1.54, 1.807) is 26.0 Å². The zero-order chi connectivity index (χ0) is 9.30. The van der Waals surface area contributed by atoms with E-state index in [1.807, 2.05) is 0 Å². The Bertz CT molecular complexity index is 295. The molecule has 0 radical (unpaired) electrons. The van der Waals surface area contributed by atoms with E-state index in [1.165, 1.54) is 0 Å². The Labute approximate surface area is 76.4 Å². The minimum absolute atomic E-state index is 0.0510. The van der Waals surface area contributed by atoms with Gasteiger partial charge in [0.1, 0.15) is 5.75 Å². The lowest BCUT2D eigenvalue weighted by atomic mass is 10.1. The fourth-order valence-electron chi connectivity index (χ4n) is 0.999. The molecule has 1 aromatic carbocycles. The lowest BCUT2D eigenvalue weighted by Gasteiger charge is -2.09. The zero-order valence-corrected chi connectivity index (χ0v) is 7.76. The highest BCUT2D eigenvalue weighted by atomic mass is 35.5. The van der Waals surface area contributed by atoms with E-state index < -0.39 is 6.10 Å². The summed E-state index contributed by atoms with van der Waals surface area (Å²) >= 11 is 5.78. The first kappa shape index (κ1) is 9.36. The van der Waals surface area contributed by atoms with E-state index >= 15 is 0 Å². The maximum Gasteiger partial charge on any atom is 0.137 e. The molecule has 66 valence electrons. The molecule has 0 fully saturated rings. The van der Waals surface area contributed by atoms with Gasteiger partial charge in [0.25, 0.3) is 0 Å². The number of aliphatic hydroxyl groups is 1. The third-order valence-corrected chi connectivity index (χ3v) is 2.20. The number of aliphatic hydroxyl groups excluding tert-OH is 1. The van der Waals surface area contributed by atoms with Gasteiger partial charge < -0.3 is 10.2 Å². The van der Waals surface area contributed by atoms with Crippen molar-refractivity contribution in [2.45, 2.75) is 20.0 Å². The van der Waals surface area contributed by atoms with Crippen LogP contribution in [-0.2, 0) is 0 Å². The highest BCUT2D eigenvalue weighted by Crippen LogP contribution is 2.33. The maximum atomic E-state index is 9.39. The van der Waals surface area contributed by atoms with Crippen LogP contribution in [-0.4, -0.2) is 10.2 Å². The Hall–Kier alpha value is -0.730. The quantitative estimate of drug-likeness (QED) is 0.707. The zero-order valence-electron chi connectivity index (χ0n) is 7.00. The summed E-state index contributed by atoms with van der Waals surface area (Å²) in [4.78, 5) is 0. The number of rotatable bonds is 1. The highest BCUT2D eigenvalue weighted by Gasteiger charge is 2.11. The molecule has 3 heteroatoms. The van der Waals surface area contributed by atoms with Crippen LogP contribution in [0, 0.1) is 6.92 Å². The third kappa shape index (κ3) is 1.54. The number of hydrogen-bond donors (Lipinski definition) is 2. The van der Waals surface area contributed by atoms with E-state index in [9.17, 15) is 10.2 Å². The summed E-state index contributed by atoms with van der Waals surface area (Å²) in [6.07, 6.45) is -0.649. The van der Waals surface area contributed by atoms with Gasteiger partial charge in [-0.3, -0.25) is 0 Å². The summed E-state index contributed by atoms with van der Waals surface area (Å²) in [5.41, 5.74) is 1.27. The Morgan fingerprint density at radius 2 is 2.00 bits per heavy atom. The normalized spacial score (nSPS) is 13.0. The van der Waals surface area contributed by atoms with Gasteiger partial charge in [-0.1, -0.05) is 23.7 Å². The Morgan fingerprint density at radius 1 is 1.42 bits per heavy atom. The molecule has 0 aliphatic rings. The first-order chi connectivity index (χ1) is 5.54. The summed E-state index contributed by atoms with van der Waals surface area (Å²) in [6.45, 7) is 3.36. The summed E-state index contributed by atoms with van der Waals surface area (Å²) in [5.74, 6) is 0.0510. The van der Waals surface area contributed by atoms with Crippen molar-refractivity contribution in [3.63, 3.8) is 0 Å². The standard InChI is InChI=1S/C9H11ClO2/c1-5-3-4-7(6(2)11)8(10)9(5)12/h3-4,6,11-12H,1-2H3. The molecule has 0 aromatic heterocycles. The topological polar surface area (TPSA) is 40.5 Å². The second-order valence-corrected chi connectivity index (χ2v) is 3.19. The van der Waals surface area contributed by atoms with Crippen molar-refractivity contribution in [3.8, 4) is 5.75 Å². The van der Waals surface area contributed by atoms with Gasteiger partial charge in [0.05, 0.1) is 11.1 Å². The largest absolute Gasteiger partial charge is 0.506 e. The molecule has 1 atom stereocenters. The number of aromatic hydroxyl groups is 1. The van der Waals surface area contributed by atoms with Crippen molar-refractivity contribution in [2.75, 3.05) is 0 Å². The van der Waals surface area contributed by atoms with Crippen molar-refractivity contribution in [1.82, 2.24) is 0 Å². The van der Waals surface area contributed by atoms with Gasteiger partial charge in [-0.25, -0.2) is 0 Å². The van der Waals surface area contributed by atoms with E-state index in [2.05, 4.69) is 0 Å². The van der Waals surface area contributed by atoms with Crippen molar-refractivity contribution >= 4 is 11.6 Å². The number of phenols is 1. The van der Waals surface area contributed by atoms with Crippen LogP contribution in [0.15, 0.2) is 12.1 Å². The van der Waals surface area contributed by atoms with E-state index in [4.69, 9.17) is 11.6 Å². The van der Waals surface area contributed by atoms with Crippen molar-refractivity contribution in [2.24, 2.45) is 0 Å². The van der Waals surface area contributed by atoms with Crippen LogP contribution in [0.25, 0.3) is 0 Å². The molecule has 0 aliphatic heterocycles. The van der Waals surface area contributed by atoms with Gasteiger partial charge in [-0.2, -0.15) is 0 Å². The molecule has 1 rings (SSSR count). The molecule has 0 amide bonds. The van der Waals surface area contributed by atoms with Gasteiger partial charge in [0.2, 0.25) is 0 Å². The lowest BCUT2D eigenvalue weighted by Crippen LogP contribution is -1.93. The Kier molecular flexibility index (Phi) is 2.60. The molecule has 0 saturated heterocycles. The van der Waals surface area contributed by atoms with Crippen molar-refractivity contribution in [3.05, 3.63) is 28.3 Å². The van der Waals surface area contributed by atoms with Crippen LogP contribution >= 0.6 is 11.6 Å². The second kappa shape index (κ2) is 3.33. The van der Waals surface area contributed by atoms with Gasteiger partial charge in [-0.15, -0.1) is 0 Å². The predicted octanol–water partition coefficient (Wildman–Crippen LogP) is 2.41. The fourth-order valence-corrected chi connectivity index (χ4v) is 1.37. The molecular formula is C9H11ClO2. The molecule has 0 bridgehead atoms. The summed E-state index contributed by atoms with van der Waals surface area (Å²) < 4.78 is 0. The molecule has 1 unspecified atom stereocenters. The summed E-state index contributed by atoms with van der Waals surface area (Å²) in [5, 5.41) is 18.9. The van der Waals surface area contributed by atoms with Crippen LogP contribution in [0.3, 0.4) is 0 Å². The molecule has 12 heavy (non-hydrogen) atoms. The second-order valence-electron chi connectivity index (χ2n) is 2.81. The van der Waals surface area contributed by atoms with E-state index in [0.29, 0.717) is 11.1 Å². The third-order valence-electron chi connectivity index (χ3n) is 1.80. The predicted molar refractivity (Wildman–Crippen MR) is 48.5 cm³/mol. The molecule has 0 spiro atoms. The molecule has 0 aliphatic carbocycles. The van der Waals surface area contributed by atoms with Gasteiger partial charge in [0.15, 0.2) is 0 Å². The van der Waals surface area contributed by atoms with E-state index in [0.717, 1.165) is 0 Å². The van der Waals surface area contributed by atoms with Crippen LogP contribution in [0.5, 0.6) is 5.75 Å². The molecule has 2 nitrogen and oxygen atoms in total. The average molecular weight is 187 g/mol. The smallest absolute Gasteiger partial charge is 0.137 e. The molecule has 0 heterocycles. The fraction of sp³-hybridized carbons (Fsp3) is 0.333. The van der Waals surface area contributed by atoms with Crippen LogP contribution in [0.1, 0.15) is 24.2 Å². The van der Waals surface area contributed by atoms with Crippen LogP contribution in [0.2, 0.25) is 5.02 Å². The number of hydrogen-bond acceptors (Lipinski definition) is 2. The number of benzene rings is 1. The highest BCUT2D eigenvalue weighted by molar-refractivity contribution is 6.32. The minimum atomic E-state index is -0.649. The number of phenolic OH excluding ortho intramolecular Hbond substituents is 1. The Morgan fingerprint density at radius 3 is 2.50 bits per heavy atom. The minimum Gasteiger partial charge on any atom is -0.506 e.